The molecule has 16 heavy (non-hydrogen) atoms. The number of nitrogens with zero attached hydrogens (tertiary/aromatic N) is 1. The predicted molar refractivity (Wildman–Crippen MR) is 56.8 cm³/mol. The highest BCUT2D eigenvalue weighted by molar-refractivity contribution is 5.87. The van der Waals surface area contributed by atoms with E-state index in [4.69, 9.17) is 14.8 Å². The van der Waals surface area contributed by atoms with E-state index in [0.29, 0.717) is 18.7 Å². The lowest BCUT2D eigenvalue weighted by molar-refractivity contribution is 0.0696. The van der Waals surface area contributed by atoms with Gasteiger partial charge in [-0.25, -0.2) is 4.79 Å². The van der Waals surface area contributed by atoms with Crippen LogP contribution in [0.2, 0.25) is 0 Å². The quantitative estimate of drug-likeness (QED) is 0.765. The first kappa shape index (κ1) is 12.3. The van der Waals surface area contributed by atoms with Gasteiger partial charge in [-0.15, -0.1) is 0 Å². The zero-order chi connectivity index (χ0) is 12.0. The van der Waals surface area contributed by atoms with Gasteiger partial charge in [-0.05, 0) is 12.5 Å². The topological polar surface area (TPSA) is 86.3 Å². The number of furan rings is 1. The summed E-state index contributed by atoms with van der Waals surface area (Å²) >= 11 is 0. The molecule has 0 amide bonds. The van der Waals surface area contributed by atoms with E-state index in [1.54, 1.807) is 0 Å². The zero-order valence-electron chi connectivity index (χ0n) is 9.06. The van der Waals surface area contributed by atoms with Gasteiger partial charge >= 0.3 is 5.97 Å². The number of carboxylic acids is 1. The maximum Gasteiger partial charge on any atom is 0.338 e. The summed E-state index contributed by atoms with van der Waals surface area (Å²) in [7, 11) is 0. The molecular weight excluding hydrogens is 208 g/mol. The Kier molecular flexibility index (Phi) is 4.55. The molecule has 1 heterocycles. The predicted octanol–water partition coefficient (Wildman–Crippen LogP) is 1.76. The highest BCUT2D eigenvalue weighted by Gasteiger charge is 2.10. The summed E-state index contributed by atoms with van der Waals surface area (Å²) in [5.41, 5.74) is 0.144. The Balaban J connectivity index is 2.47. The van der Waals surface area contributed by atoms with Gasteiger partial charge in [-0.2, -0.15) is 5.26 Å². The van der Waals surface area contributed by atoms with Crippen molar-refractivity contribution in [2.45, 2.75) is 32.4 Å². The molecule has 0 bridgehead atoms. The van der Waals surface area contributed by atoms with Crippen molar-refractivity contribution in [3.8, 4) is 6.07 Å². The first-order chi connectivity index (χ1) is 7.67. The molecule has 0 spiro atoms. The summed E-state index contributed by atoms with van der Waals surface area (Å²) in [6, 6.07) is 3.69. The van der Waals surface area contributed by atoms with Gasteiger partial charge in [-0.3, -0.25) is 0 Å². The summed E-state index contributed by atoms with van der Waals surface area (Å²) < 4.78 is 5.07. The fourth-order valence-electron chi connectivity index (χ4n) is 1.30. The molecule has 5 nitrogen and oxygen atoms in total. The molecule has 0 aliphatic heterocycles. The van der Waals surface area contributed by atoms with Crippen molar-refractivity contribution in [2.24, 2.45) is 0 Å². The molecule has 0 aromatic carbocycles. The molecule has 0 radical (unpaired) electrons. The molecule has 5 heteroatoms. The van der Waals surface area contributed by atoms with Crippen molar-refractivity contribution in [1.82, 2.24) is 5.32 Å². The Morgan fingerprint density at radius 1 is 1.75 bits per heavy atom. The standard InChI is InChI=1S/C11H14N2O3/c1-2-9(3-4-12)13-6-10-5-8(7-16-10)11(14)15/h5,7,9,13H,2-3,6H2,1H3,(H,14,15). The molecule has 1 unspecified atom stereocenters. The highest BCUT2D eigenvalue weighted by atomic mass is 16.4. The van der Waals surface area contributed by atoms with Gasteiger partial charge in [0.05, 0.1) is 24.6 Å². The van der Waals surface area contributed by atoms with Crippen molar-refractivity contribution < 1.29 is 14.3 Å². The molecule has 0 saturated heterocycles. The molecule has 1 atom stereocenters. The molecule has 1 aromatic heterocycles. The molecule has 1 rings (SSSR count). The second-order valence-electron chi connectivity index (χ2n) is 3.46. The summed E-state index contributed by atoms with van der Waals surface area (Å²) in [4.78, 5) is 10.6. The number of carbonyl (C=O) groups is 1. The third-order valence-corrected chi connectivity index (χ3v) is 2.30. The van der Waals surface area contributed by atoms with Crippen LogP contribution in [0.4, 0.5) is 0 Å². The van der Waals surface area contributed by atoms with Gasteiger partial charge in [0.15, 0.2) is 0 Å². The van der Waals surface area contributed by atoms with E-state index in [-0.39, 0.29) is 11.6 Å². The number of rotatable bonds is 6. The lowest BCUT2D eigenvalue weighted by Crippen LogP contribution is -2.27. The number of aromatic carboxylic acids is 1. The zero-order valence-corrected chi connectivity index (χ0v) is 9.06. The number of hydrogen-bond acceptors (Lipinski definition) is 4. The van der Waals surface area contributed by atoms with E-state index in [9.17, 15) is 4.79 Å². The van der Waals surface area contributed by atoms with E-state index >= 15 is 0 Å². The molecule has 0 saturated carbocycles. The lowest BCUT2D eigenvalue weighted by Gasteiger charge is -2.11. The Labute approximate surface area is 93.7 Å². The number of carboxylic acid groups (broad SMARTS) is 1. The van der Waals surface area contributed by atoms with Crippen LogP contribution in [-0.4, -0.2) is 17.1 Å². The van der Waals surface area contributed by atoms with E-state index in [2.05, 4.69) is 11.4 Å². The molecule has 0 aliphatic carbocycles. The summed E-state index contributed by atoms with van der Waals surface area (Å²) in [5.74, 6) is -0.437. The van der Waals surface area contributed by atoms with Crippen molar-refractivity contribution in [3.63, 3.8) is 0 Å². The van der Waals surface area contributed by atoms with Crippen LogP contribution in [0.1, 0.15) is 35.9 Å². The fourth-order valence-corrected chi connectivity index (χ4v) is 1.30. The van der Waals surface area contributed by atoms with Crippen molar-refractivity contribution in [2.75, 3.05) is 0 Å². The largest absolute Gasteiger partial charge is 0.478 e. The minimum Gasteiger partial charge on any atom is -0.478 e. The van der Waals surface area contributed by atoms with E-state index in [1.165, 1.54) is 12.3 Å². The van der Waals surface area contributed by atoms with Crippen molar-refractivity contribution in [3.05, 3.63) is 23.7 Å². The number of nitriles is 1. The number of hydrogen-bond donors (Lipinski definition) is 2. The van der Waals surface area contributed by atoms with Gasteiger partial charge in [-0.1, -0.05) is 6.92 Å². The van der Waals surface area contributed by atoms with Gasteiger partial charge in [0.1, 0.15) is 12.0 Å². The highest BCUT2D eigenvalue weighted by Crippen LogP contribution is 2.08. The van der Waals surface area contributed by atoms with Crippen LogP contribution in [0, 0.1) is 11.3 Å². The van der Waals surface area contributed by atoms with Crippen molar-refractivity contribution >= 4 is 5.97 Å². The van der Waals surface area contributed by atoms with E-state index < -0.39 is 5.97 Å². The minimum atomic E-state index is -1.00. The fraction of sp³-hybridized carbons (Fsp3) is 0.455. The third-order valence-electron chi connectivity index (χ3n) is 2.30. The van der Waals surface area contributed by atoms with Gasteiger partial charge in [0.25, 0.3) is 0 Å². The lowest BCUT2D eigenvalue weighted by atomic mass is 10.1. The second kappa shape index (κ2) is 5.93. The van der Waals surface area contributed by atoms with Crippen LogP contribution in [0.25, 0.3) is 0 Å². The van der Waals surface area contributed by atoms with Crippen LogP contribution in [0.15, 0.2) is 16.7 Å². The smallest absolute Gasteiger partial charge is 0.338 e. The Hall–Kier alpha value is -1.80. The molecule has 0 fully saturated rings. The molecular formula is C11H14N2O3. The van der Waals surface area contributed by atoms with Gasteiger partial charge < -0.3 is 14.8 Å². The summed E-state index contributed by atoms with van der Waals surface area (Å²) in [6.45, 7) is 2.42. The maximum absolute atomic E-state index is 10.6. The second-order valence-corrected chi connectivity index (χ2v) is 3.46. The van der Waals surface area contributed by atoms with E-state index in [0.717, 1.165) is 6.42 Å². The first-order valence-electron chi connectivity index (χ1n) is 5.08. The van der Waals surface area contributed by atoms with Crippen LogP contribution in [0.3, 0.4) is 0 Å². The maximum atomic E-state index is 10.6. The molecule has 1 aromatic rings. The SMILES string of the molecule is CCC(CC#N)NCc1cc(C(=O)O)co1. The van der Waals surface area contributed by atoms with Gasteiger partial charge in [0.2, 0.25) is 0 Å². The van der Waals surface area contributed by atoms with Crippen LogP contribution in [-0.2, 0) is 6.54 Å². The average molecular weight is 222 g/mol. The van der Waals surface area contributed by atoms with Crippen molar-refractivity contribution in [1.29, 1.82) is 5.26 Å². The molecule has 86 valence electrons. The van der Waals surface area contributed by atoms with Crippen LogP contribution < -0.4 is 5.32 Å². The Morgan fingerprint density at radius 3 is 3.00 bits per heavy atom. The Morgan fingerprint density at radius 2 is 2.50 bits per heavy atom. The molecule has 0 aliphatic rings. The summed E-state index contributed by atoms with van der Waals surface area (Å²) in [6.07, 6.45) is 2.49. The minimum absolute atomic E-state index is 0.114. The third kappa shape index (κ3) is 3.41. The number of nitrogens with one attached hydrogen (secondary N) is 1. The normalized spacial score (nSPS) is 12.0. The average Bonchev–Trinajstić information content (AvgIpc) is 2.73. The monoisotopic (exact) mass is 222 g/mol. The first-order valence-corrected chi connectivity index (χ1v) is 5.08. The van der Waals surface area contributed by atoms with E-state index in [1.807, 2.05) is 6.92 Å². The molecule has 2 N–H and O–H groups in total. The Bertz CT molecular complexity index is 392. The van der Waals surface area contributed by atoms with Gasteiger partial charge in [0, 0.05) is 6.04 Å². The van der Waals surface area contributed by atoms with Crippen LogP contribution in [0.5, 0.6) is 0 Å². The van der Waals surface area contributed by atoms with Crippen LogP contribution >= 0.6 is 0 Å². The summed E-state index contributed by atoms with van der Waals surface area (Å²) in [5, 5.41) is 20.4.